The minimum absolute atomic E-state index is 0.0215. The van der Waals surface area contributed by atoms with Gasteiger partial charge in [-0.25, -0.2) is 4.99 Å². The van der Waals surface area contributed by atoms with Gasteiger partial charge in [-0.1, -0.05) is 13.8 Å². The molecule has 0 aromatic carbocycles. The Labute approximate surface area is 147 Å². The third-order valence-electron chi connectivity index (χ3n) is 4.19. The third-order valence-corrected chi connectivity index (χ3v) is 4.19. The SMILES string of the molecule is CC(=NC(=O)C(=C(C)c1cnn(C2COC2)c1)C(C)C)C(C#N)=CN. The first-order valence-corrected chi connectivity index (χ1v) is 8.14. The fourth-order valence-corrected chi connectivity index (χ4v) is 2.61. The maximum absolute atomic E-state index is 12.7. The second kappa shape index (κ2) is 7.90. The predicted molar refractivity (Wildman–Crippen MR) is 95.5 cm³/mol. The molecule has 0 atom stereocenters. The smallest absolute Gasteiger partial charge is 0.273 e. The van der Waals surface area contributed by atoms with Gasteiger partial charge in [-0.05, 0) is 25.3 Å². The lowest BCUT2D eigenvalue weighted by atomic mass is 9.94. The highest BCUT2D eigenvalue weighted by atomic mass is 16.5. The Morgan fingerprint density at radius 2 is 2.20 bits per heavy atom. The molecular formula is C18H23N5O2. The average molecular weight is 341 g/mol. The van der Waals surface area contributed by atoms with Gasteiger partial charge < -0.3 is 10.5 Å². The van der Waals surface area contributed by atoms with Crippen molar-refractivity contribution < 1.29 is 9.53 Å². The largest absolute Gasteiger partial charge is 0.403 e. The molecule has 1 amide bonds. The molecule has 0 radical (unpaired) electrons. The summed E-state index contributed by atoms with van der Waals surface area (Å²) in [5.74, 6) is -0.383. The normalized spacial score (nSPS) is 17.1. The molecule has 7 heteroatoms. The van der Waals surface area contributed by atoms with E-state index in [2.05, 4.69) is 10.1 Å². The van der Waals surface area contributed by atoms with E-state index in [1.807, 2.05) is 37.7 Å². The van der Waals surface area contributed by atoms with Crippen LogP contribution < -0.4 is 5.73 Å². The summed E-state index contributed by atoms with van der Waals surface area (Å²) < 4.78 is 7.05. The summed E-state index contributed by atoms with van der Waals surface area (Å²) in [6, 6.07) is 2.18. The number of carbonyl (C=O) groups is 1. The number of aromatic nitrogens is 2. The second-order valence-electron chi connectivity index (χ2n) is 6.29. The van der Waals surface area contributed by atoms with Gasteiger partial charge in [0.05, 0.1) is 36.7 Å². The van der Waals surface area contributed by atoms with Crippen LogP contribution >= 0.6 is 0 Å². The molecule has 1 aromatic rings. The molecule has 132 valence electrons. The fourth-order valence-electron chi connectivity index (χ4n) is 2.61. The number of ether oxygens (including phenoxy) is 1. The molecule has 1 saturated heterocycles. The summed E-state index contributed by atoms with van der Waals surface area (Å²) in [4.78, 5) is 16.7. The van der Waals surface area contributed by atoms with Crippen LogP contribution in [0.2, 0.25) is 0 Å². The van der Waals surface area contributed by atoms with Gasteiger partial charge in [-0.2, -0.15) is 10.4 Å². The summed E-state index contributed by atoms with van der Waals surface area (Å²) in [6.07, 6.45) is 4.83. The van der Waals surface area contributed by atoms with E-state index in [1.165, 1.54) is 0 Å². The molecule has 0 spiro atoms. The van der Waals surface area contributed by atoms with Gasteiger partial charge in [0.2, 0.25) is 0 Å². The zero-order valence-corrected chi connectivity index (χ0v) is 15.0. The van der Waals surface area contributed by atoms with Gasteiger partial charge in [0.1, 0.15) is 6.07 Å². The van der Waals surface area contributed by atoms with Crippen molar-refractivity contribution in [1.82, 2.24) is 9.78 Å². The highest BCUT2D eigenvalue weighted by Gasteiger charge is 2.23. The molecule has 0 unspecified atom stereocenters. The van der Waals surface area contributed by atoms with E-state index >= 15 is 0 Å². The van der Waals surface area contributed by atoms with Crippen molar-refractivity contribution in [2.24, 2.45) is 16.6 Å². The molecule has 2 N–H and O–H groups in total. The topological polar surface area (TPSA) is 106 Å². The van der Waals surface area contributed by atoms with Gasteiger partial charge in [0.15, 0.2) is 0 Å². The average Bonchev–Trinajstić information content (AvgIpc) is 2.95. The summed E-state index contributed by atoms with van der Waals surface area (Å²) in [6.45, 7) is 8.69. The van der Waals surface area contributed by atoms with Crippen LogP contribution in [-0.2, 0) is 9.53 Å². The summed E-state index contributed by atoms with van der Waals surface area (Å²) >= 11 is 0. The molecule has 2 heterocycles. The minimum atomic E-state index is -0.362. The van der Waals surface area contributed by atoms with Gasteiger partial charge >= 0.3 is 0 Å². The molecule has 1 aliphatic heterocycles. The number of amides is 1. The number of carbonyl (C=O) groups excluding carboxylic acids is 1. The first-order valence-electron chi connectivity index (χ1n) is 8.14. The molecule has 25 heavy (non-hydrogen) atoms. The Morgan fingerprint density at radius 3 is 2.68 bits per heavy atom. The first-order chi connectivity index (χ1) is 11.9. The second-order valence-corrected chi connectivity index (χ2v) is 6.29. The van der Waals surface area contributed by atoms with Crippen LogP contribution in [0, 0.1) is 17.2 Å². The highest BCUT2D eigenvalue weighted by Crippen LogP contribution is 2.26. The number of hydrogen-bond donors (Lipinski definition) is 1. The summed E-state index contributed by atoms with van der Waals surface area (Å²) in [5.41, 5.74) is 8.19. The Balaban J connectivity index is 2.36. The summed E-state index contributed by atoms with van der Waals surface area (Å²) in [7, 11) is 0. The lowest BCUT2D eigenvalue weighted by Gasteiger charge is -2.25. The van der Waals surface area contributed by atoms with Gasteiger partial charge in [-0.15, -0.1) is 0 Å². The van der Waals surface area contributed by atoms with E-state index in [1.54, 1.807) is 13.1 Å². The number of aliphatic imine (C=N–C) groups is 1. The standard InChI is InChI=1S/C18H23N5O2/c1-11(2)17(18(24)22-13(4)14(5-19)6-20)12(3)15-7-21-23(8-15)16-9-25-10-16/h5,7-8,11,16H,9-10,19H2,1-4H3. The molecule has 0 aliphatic carbocycles. The molecule has 1 fully saturated rings. The van der Waals surface area contributed by atoms with Crippen molar-refractivity contribution in [2.75, 3.05) is 13.2 Å². The first kappa shape index (κ1) is 18.6. The van der Waals surface area contributed by atoms with E-state index in [0.29, 0.717) is 24.5 Å². The van der Waals surface area contributed by atoms with Gasteiger partial charge in [0, 0.05) is 23.5 Å². The van der Waals surface area contributed by atoms with Gasteiger partial charge in [0.25, 0.3) is 5.91 Å². The van der Waals surface area contributed by atoms with Crippen LogP contribution in [0.5, 0.6) is 0 Å². The third kappa shape index (κ3) is 4.03. The van der Waals surface area contributed by atoms with Crippen LogP contribution in [-0.4, -0.2) is 34.6 Å². The van der Waals surface area contributed by atoms with E-state index < -0.39 is 0 Å². The van der Waals surface area contributed by atoms with E-state index in [4.69, 9.17) is 15.7 Å². The fraction of sp³-hybridized carbons (Fsp3) is 0.444. The van der Waals surface area contributed by atoms with Crippen LogP contribution in [0.1, 0.15) is 39.3 Å². The Bertz CT molecular complexity index is 789. The predicted octanol–water partition coefficient (Wildman–Crippen LogP) is 2.24. The molecule has 1 aliphatic rings. The number of nitriles is 1. The number of nitrogens with two attached hydrogens (primary N) is 1. The molecular weight excluding hydrogens is 318 g/mol. The van der Waals surface area contributed by atoms with E-state index in [0.717, 1.165) is 17.3 Å². The summed E-state index contributed by atoms with van der Waals surface area (Å²) in [5, 5.41) is 13.4. The van der Waals surface area contributed by atoms with Crippen LogP contribution in [0.15, 0.2) is 34.7 Å². The molecule has 7 nitrogen and oxygen atoms in total. The Morgan fingerprint density at radius 1 is 1.52 bits per heavy atom. The van der Waals surface area contributed by atoms with Crippen LogP contribution in [0.3, 0.4) is 0 Å². The molecule has 0 saturated carbocycles. The minimum Gasteiger partial charge on any atom is -0.403 e. The molecule has 0 bridgehead atoms. The lowest BCUT2D eigenvalue weighted by molar-refractivity contribution is -0.114. The van der Waals surface area contributed by atoms with Crippen molar-refractivity contribution in [3.63, 3.8) is 0 Å². The maximum Gasteiger partial charge on any atom is 0.273 e. The molecule has 2 rings (SSSR count). The van der Waals surface area contributed by atoms with Gasteiger partial charge in [-0.3, -0.25) is 9.48 Å². The maximum atomic E-state index is 12.7. The number of nitrogens with zero attached hydrogens (tertiary/aromatic N) is 4. The lowest BCUT2D eigenvalue weighted by Crippen LogP contribution is -2.30. The zero-order chi connectivity index (χ0) is 18.6. The van der Waals surface area contributed by atoms with Crippen LogP contribution in [0.25, 0.3) is 5.57 Å². The van der Waals surface area contributed by atoms with E-state index in [-0.39, 0.29) is 23.4 Å². The number of rotatable bonds is 5. The number of hydrogen-bond acceptors (Lipinski definition) is 5. The monoisotopic (exact) mass is 341 g/mol. The Hall–Kier alpha value is -2.72. The van der Waals surface area contributed by atoms with Crippen molar-refractivity contribution in [2.45, 2.75) is 33.7 Å². The van der Waals surface area contributed by atoms with Crippen molar-refractivity contribution >= 4 is 17.2 Å². The van der Waals surface area contributed by atoms with Crippen molar-refractivity contribution in [3.8, 4) is 6.07 Å². The van der Waals surface area contributed by atoms with Crippen molar-refractivity contribution in [1.29, 1.82) is 5.26 Å². The number of allylic oxidation sites excluding steroid dienone is 2. The van der Waals surface area contributed by atoms with Crippen LogP contribution in [0.4, 0.5) is 0 Å². The highest BCUT2D eigenvalue weighted by molar-refractivity contribution is 6.12. The Kier molecular flexibility index (Phi) is 5.88. The zero-order valence-electron chi connectivity index (χ0n) is 15.0. The quantitative estimate of drug-likeness (QED) is 0.502. The molecule has 1 aromatic heterocycles. The van der Waals surface area contributed by atoms with E-state index in [9.17, 15) is 4.79 Å². The van der Waals surface area contributed by atoms with Crippen molar-refractivity contribution in [3.05, 3.63) is 35.3 Å².